The summed E-state index contributed by atoms with van der Waals surface area (Å²) >= 11 is 5.20. The van der Waals surface area contributed by atoms with Gasteiger partial charge in [-0.1, -0.05) is 30.3 Å². The van der Waals surface area contributed by atoms with Crippen LogP contribution in [0.2, 0.25) is 0 Å². The number of aliphatic hydroxyl groups is 1. The number of benzene rings is 2. The highest BCUT2D eigenvalue weighted by Gasteiger charge is 2.16. The molecule has 0 heterocycles. The van der Waals surface area contributed by atoms with E-state index in [1.165, 1.54) is 6.21 Å². The van der Waals surface area contributed by atoms with Crippen molar-refractivity contribution in [2.75, 3.05) is 18.5 Å². The second kappa shape index (κ2) is 10.8. The van der Waals surface area contributed by atoms with Gasteiger partial charge in [0.15, 0.2) is 5.11 Å². The van der Waals surface area contributed by atoms with E-state index in [0.717, 1.165) is 11.4 Å². The van der Waals surface area contributed by atoms with E-state index >= 15 is 0 Å². The fraction of sp³-hybridized carbons (Fsp3) is 0.190. The van der Waals surface area contributed by atoms with Gasteiger partial charge in [-0.3, -0.25) is 0 Å². The number of aliphatic hydroxyl groups excluding tert-OH is 1. The Morgan fingerprint density at radius 3 is 2.39 bits per heavy atom. The minimum atomic E-state index is -0.684. The van der Waals surface area contributed by atoms with E-state index in [4.69, 9.17) is 21.7 Å². The van der Waals surface area contributed by atoms with Crippen LogP contribution in [0.4, 0.5) is 5.69 Å². The van der Waals surface area contributed by atoms with Crippen LogP contribution >= 0.6 is 12.2 Å². The van der Waals surface area contributed by atoms with E-state index in [1.54, 1.807) is 43.3 Å². The predicted octanol–water partition coefficient (Wildman–Crippen LogP) is 4.39. The van der Waals surface area contributed by atoms with Crippen molar-refractivity contribution in [3.8, 4) is 5.75 Å². The Kier molecular flexibility index (Phi) is 8.17. The molecule has 0 unspecified atom stereocenters. The van der Waals surface area contributed by atoms with Gasteiger partial charge in [-0.2, -0.15) is 0 Å². The Morgan fingerprint density at radius 1 is 1.11 bits per heavy atom. The molecule has 0 aliphatic rings. The molecule has 28 heavy (non-hydrogen) atoms. The van der Waals surface area contributed by atoms with Crippen molar-refractivity contribution < 1.29 is 19.4 Å². The van der Waals surface area contributed by atoms with E-state index < -0.39 is 5.97 Å². The molecule has 0 saturated heterocycles. The Balaban J connectivity index is 2.17. The molecule has 7 heteroatoms. The van der Waals surface area contributed by atoms with Crippen LogP contribution in [0.1, 0.15) is 19.4 Å². The first kappa shape index (κ1) is 21.1. The van der Waals surface area contributed by atoms with Crippen molar-refractivity contribution in [2.45, 2.75) is 13.8 Å². The number of carbonyl (C=O) groups is 1. The lowest BCUT2D eigenvalue weighted by Gasteiger charge is -2.08. The average molecular weight is 398 g/mol. The lowest BCUT2D eigenvalue weighted by atomic mass is 10.1. The number of nitrogens with zero attached hydrogens (tertiary/aromatic N) is 1. The lowest BCUT2D eigenvalue weighted by molar-refractivity contribution is -0.137. The van der Waals surface area contributed by atoms with Crippen LogP contribution in [0.25, 0.3) is 5.76 Å². The van der Waals surface area contributed by atoms with Gasteiger partial charge >= 0.3 is 5.97 Å². The summed E-state index contributed by atoms with van der Waals surface area (Å²) < 4.78 is 10.4. The largest absolute Gasteiger partial charge is 0.506 e. The summed E-state index contributed by atoms with van der Waals surface area (Å²) in [7, 11) is 0. The van der Waals surface area contributed by atoms with E-state index in [2.05, 4.69) is 10.3 Å². The summed E-state index contributed by atoms with van der Waals surface area (Å²) in [6.07, 6.45) is 1.20. The summed E-state index contributed by atoms with van der Waals surface area (Å²) in [5.74, 6) is -0.161. The SMILES string of the molecule is CCOC(=O)C(/C=N\C(=S)Nc1ccc(OCC)cc1)=C(/O)c1ccccc1. The number of hydrogen-bond donors (Lipinski definition) is 2. The molecule has 0 amide bonds. The van der Waals surface area contributed by atoms with Crippen molar-refractivity contribution in [1.82, 2.24) is 0 Å². The van der Waals surface area contributed by atoms with Gasteiger partial charge in [-0.15, -0.1) is 0 Å². The molecule has 0 radical (unpaired) electrons. The molecule has 2 N–H and O–H groups in total. The number of ether oxygens (including phenoxy) is 2. The highest BCUT2D eigenvalue weighted by Crippen LogP contribution is 2.17. The van der Waals surface area contributed by atoms with Crippen molar-refractivity contribution >= 4 is 41.0 Å². The number of esters is 1. The zero-order valence-electron chi connectivity index (χ0n) is 15.7. The maximum atomic E-state index is 12.2. The molecule has 0 aromatic heterocycles. The van der Waals surface area contributed by atoms with Gasteiger partial charge in [0.1, 0.15) is 17.1 Å². The first-order valence-corrected chi connectivity index (χ1v) is 9.19. The second-order valence-corrected chi connectivity index (χ2v) is 5.88. The van der Waals surface area contributed by atoms with Crippen LogP contribution in [0.15, 0.2) is 65.2 Å². The third-order valence-corrected chi connectivity index (χ3v) is 3.73. The quantitative estimate of drug-likeness (QED) is 0.237. The van der Waals surface area contributed by atoms with Crippen LogP contribution in [-0.2, 0) is 9.53 Å². The second-order valence-electron chi connectivity index (χ2n) is 5.49. The fourth-order valence-corrected chi connectivity index (χ4v) is 2.42. The zero-order chi connectivity index (χ0) is 20.4. The number of thiocarbonyl (C=S) groups is 1. The summed E-state index contributed by atoms with van der Waals surface area (Å²) in [5.41, 5.74) is 1.12. The number of hydrogen-bond acceptors (Lipinski definition) is 5. The molecule has 146 valence electrons. The first-order valence-electron chi connectivity index (χ1n) is 8.78. The number of anilines is 1. The van der Waals surface area contributed by atoms with E-state index in [9.17, 15) is 9.90 Å². The molecule has 0 fully saturated rings. The molecule has 2 rings (SSSR count). The first-order chi connectivity index (χ1) is 13.5. The third kappa shape index (κ3) is 6.21. The Morgan fingerprint density at radius 2 is 1.79 bits per heavy atom. The van der Waals surface area contributed by atoms with Crippen LogP contribution < -0.4 is 10.1 Å². The van der Waals surface area contributed by atoms with Gasteiger partial charge in [0.25, 0.3) is 0 Å². The van der Waals surface area contributed by atoms with Crippen LogP contribution in [-0.4, -0.2) is 35.6 Å². The highest BCUT2D eigenvalue weighted by molar-refractivity contribution is 7.80. The van der Waals surface area contributed by atoms with Gasteiger partial charge in [-0.05, 0) is 50.3 Å². The molecule has 0 spiro atoms. The van der Waals surface area contributed by atoms with Gasteiger partial charge in [-0.25, -0.2) is 9.79 Å². The summed E-state index contributed by atoms with van der Waals surface area (Å²) in [5, 5.41) is 13.5. The summed E-state index contributed by atoms with van der Waals surface area (Å²) in [6.45, 7) is 4.36. The minimum Gasteiger partial charge on any atom is -0.506 e. The summed E-state index contributed by atoms with van der Waals surface area (Å²) in [6, 6.07) is 15.9. The molecule has 0 bridgehead atoms. The normalized spacial score (nSPS) is 11.6. The number of nitrogens with one attached hydrogen (secondary N) is 1. The molecule has 0 aliphatic carbocycles. The standard InChI is InChI=1S/C21H22N2O4S/c1-3-26-17-12-10-16(11-13-17)23-21(28)22-14-18(20(25)27-4-2)19(24)15-8-6-5-7-9-15/h5-14,24H,3-4H2,1-2H3,(H,23,28)/b19-18+,22-14-. The minimum absolute atomic E-state index is 0.0797. The molecule has 6 nitrogen and oxygen atoms in total. The lowest BCUT2D eigenvalue weighted by Crippen LogP contribution is -2.13. The molecule has 2 aromatic carbocycles. The topological polar surface area (TPSA) is 80.2 Å². The van der Waals surface area contributed by atoms with Gasteiger partial charge < -0.3 is 19.9 Å². The predicted molar refractivity (Wildman–Crippen MR) is 115 cm³/mol. The highest BCUT2D eigenvalue weighted by atomic mass is 32.1. The molecule has 0 saturated carbocycles. The maximum absolute atomic E-state index is 12.2. The van der Waals surface area contributed by atoms with Crippen molar-refractivity contribution in [3.05, 3.63) is 65.7 Å². The number of carbonyl (C=O) groups excluding carboxylic acids is 1. The van der Waals surface area contributed by atoms with Crippen molar-refractivity contribution in [3.63, 3.8) is 0 Å². The van der Waals surface area contributed by atoms with Crippen LogP contribution in [0.3, 0.4) is 0 Å². The number of rotatable bonds is 7. The average Bonchev–Trinajstić information content (AvgIpc) is 2.70. The molecular formula is C21H22N2O4S. The van der Waals surface area contributed by atoms with Gasteiger partial charge in [0.05, 0.1) is 13.2 Å². The third-order valence-electron chi connectivity index (χ3n) is 3.53. The Bertz CT molecular complexity index is 862. The maximum Gasteiger partial charge on any atom is 0.343 e. The van der Waals surface area contributed by atoms with E-state index in [0.29, 0.717) is 12.2 Å². The monoisotopic (exact) mass is 398 g/mol. The van der Waals surface area contributed by atoms with Crippen molar-refractivity contribution in [1.29, 1.82) is 0 Å². The smallest absolute Gasteiger partial charge is 0.343 e. The van der Waals surface area contributed by atoms with E-state index in [1.807, 2.05) is 25.1 Å². The molecular weight excluding hydrogens is 376 g/mol. The van der Waals surface area contributed by atoms with Gasteiger partial charge in [0, 0.05) is 17.5 Å². The zero-order valence-corrected chi connectivity index (χ0v) is 16.5. The molecule has 0 aliphatic heterocycles. The van der Waals surface area contributed by atoms with Crippen LogP contribution in [0, 0.1) is 0 Å². The fourth-order valence-electron chi connectivity index (χ4n) is 2.25. The Labute approximate surface area is 169 Å². The summed E-state index contributed by atoms with van der Waals surface area (Å²) in [4.78, 5) is 16.3. The van der Waals surface area contributed by atoms with Gasteiger partial charge in [0.2, 0.25) is 0 Å². The number of aliphatic imine (C=N–C) groups is 1. The molecule has 2 aromatic rings. The van der Waals surface area contributed by atoms with Crippen LogP contribution in [0.5, 0.6) is 5.75 Å². The molecule has 0 atom stereocenters. The van der Waals surface area contributed by atoms with Crippen molar-refractivity contribution in [2.24, 2.45) is 4.99 Å². The Hall–Kier alpha value is -3.19. The van der Waals surface area contributed by atoms with E-state index in [-0.39, 0.29) is 23.1 Å².